The van der Waals surface area contributed by atoms with Crippen molar-refractivity contribution >= 4 is 5.97 Å². The molecule has 0 radical (unpaired) electrons. The lowest BCUT2D eigenvalue weighted by Crippen LogP contribution is -2.39. The van der Waals surface area contributed by atoms with E-state index >= 15 is 0 Å². The molecule has 0 bridgehead atoms. The molecule has 5 nitrogen and oxygen atoms in total. The fourth-order valence-electron chi connectivity index (χ4n) is 1.16. The van der Waals surface area contributed by atoms with Gasteiger partial charge in [0.1, 0.15) is 11.6 Å². The normalized spacial score (nSPS) is 13.2. The maximum Gasteiger partial charge on any atom is 0.323 e. The van der Waals surface area contributed by atoms with Crippen LogP contribution in [0.4, 0.5) is 0 Å². The quantitative estimate of drug-likeness (QED) is 0.800. The van der Waals surface area contributed by atoms with Crippen molar-refractivity contribution in [1.82, 2.24) is 15.5 Å². The first-order chi connectivity index (χ1) is 7.88. The third-order valence-corrected chi connectivity index (χ3v) is 1.98. The zero-order valence-corrected chi connectivity index (χ0v) is 10.7. The summed E-state index contributed by atoms with van der Waals surface area (Å²) < 4.78 is 5.25. The van der Waals surface area contributed by atoms with E-state index in [1.165, 1.54) is 0 Å². The highest BCUT2D eigenvalue weighted by Gasteiger charge is 2.21. The number of carbonyl (C=O) groups is 1. The van der Waals surface area contributed by atoms with Crippen LogP contribution in [-0.2, 0) is 16.1 Å². The van der Waals surface area contributed by atoms with Gasteiger partial charge in [-0.25, -0.2) is 0 Å². The van der Waals surface area contributed by atoms with Crippen LogP contribution in [0, 0.1) is 0 Å². The number of nitrogens with zero attached hydrogens (tertiary/aromatic N) is 2. The second-order valence-corrected chi connectivity index (χ2v) is 4.85. The summed E-state index contributed by atoms with van der Waals surface area (Å²) in [5.41, 5.74) is 0.336. The van der Waals surface area contributed by atoms with Crippen LogP contribution in [0.2, 0.25) is 0 Å². The van der Waals surface area contributed by atoms with Crippen molar-refractivity contribution in [2.75, 3.05) is 0 Å². The predicted octanol–water partition coefficient (Wildman–Crippen LogP) is 1.30. The van der Waals surface area contributed by atoms with E-state index in [0.29, 0.717) is 6.54 Å². The second kappa shape index (κ2) is 5.72. The summed E-state index contributed by atoms with van der Waals surface area (Å²) in [7, 11) is 0. The van der Waals surface area contributed by atoms with Crippen molar-refractivity contribution in [1.29, 1.82) is 0 Å². The van der Waals surface area contributed by atoms with Crippen molar-refractivity contribution in [3.63, 3.8) is 0 Å². The van der Waals surface area contributed by atoms with Crippen LogP contribution in [0.5, 0.6) is 0 Å². The zero-order valence-electron chi connectivity index (χ0n) is 10.7. The van der Waals surface area contributed by atoms with Crippen LogP contribution in [0.3, 0.4) is 0 Å². The minimum absolute atomic E-state index is 0.263. The second-order valence-electron chi connectivity index (χ2n) is 4.85. The maximum absolute atomic E-state index is 11.7. The molecule has 5 heteroatoms. The fourth-order valence-corrected chi connectivity index (χ4v) is 1.16. The number of esters is 1. The molecule has 1 N–H and O–H groups in total. The molecule has 0 aliphatic rings. The van der Waals surface area contributed by atoms with Gasteiger partial charge in [0.25, 0.3) is 0 Å². The molecular weight excluding hydrogens is 218 g/mol. The van der Waals surface area contributed by atoms with Gasteiger partial charge in [-0.05, 0) is 39.8 Å². The largest absolute Gasteiger partial charge is 0.459 e. The number of carbonyl (C=O) groups excluding carboxylic acids is 1. The molecule has 0 spiro atoms. The predicted molar refractivity (Wildman–Crippen MR) is 64.2 cm³/mol. The molecule has 1 aromatic rings. The Bertz CT molecular complexity index is 360. The van der Waals surface area contributed by atoms with Crippen molar-refractivity contribution in [3.05, 3.63) is 24.0 Å². The Labute approximate surface area is 102 Å². The molecule has 1 rings (SSSR count). The third-order valence-electron chi connectivity index (χ3n) is 1.98. The molecule has 0 saturated heterocycles. The average molecular weight is 237 g/mol. The standard InChI is InChI=1S/C12H19N3O2/c1-9(11(16)17-12(2,3)4)13-8-10-6-5-7-14-15-10/h5-7,9,13H,8H2,1-4H3. The number of hydrogen-bond acceptors (Lipinski definition) is 5. The van der Waals surface area contributed by atoms with E-state index < -0.39 is 5.60 Å². The Hall–Kier alpha value is -1.49. The smallest absolute Gasteiger partial charge is 0.323 e. The van der Waals surface area contributed by atoms with Crippen molar-refractivity contribution in [2.45, 2.75) is 45.9 Å². The van der Waals surface area contributed by atoms with Crippen LogP contribution in [0.25, 0.3) is 0 Å². The van der Waals surface area contributed by atoms with E-state index in [9.17, 15) is 4.79 Å². The topological polar surface area (TPSA) is 64.1 Å². The summed E-state index contributed by atoms with van der Waals surface area (Å²) in [6.07, 6.45) is 1.61. The first-order valence-electron chi connectivity index (χ1n) is 5.61. The molecule has 0 amide bonds. The van der Waals surface area contributed by atoms with Gasteiger partial charge in [-0.3, -0.25) is 10.1 Å². The van der Waals surface area contributed by atoms with Gasteiger partial charge in [-0.2, -0.15) is 10.2 Å². The highest BCUT2D eigenvalue weighted by atomic mass is 16.6. The number of nitrogens with one attached hydrogen (secondary N) is 1. The molecule has 17 heavy (non-hydrogen) atoms. The maximum atomic E-state index is 11.7. The van der Waals surface area contributed by atoms with Crippen LogP contribution in [0.1, 0.15) is 33.4 Å². The Morgan fingerprint density at radius 1 is 1.53 bits per heavy atom. The van der Waals surface area contributed by atoms with E-state index in [1.807, 2.05) is 32.9 Å². The number of hydrogen-bond donors (Lipinski definition) is 1. The summed E-state index contributed by atoms with van der Waals surface area (Å²) in [4.78, 5) is 11.7. The van der Waals surface area contributed by atoms with Gasteiger partial charge < -0.3 is 4.74 Å². The first kappa shape index (κ1) is 13.6. The minimum Gasteiger partial charge on any atom is -0.459 e. The third kappa shape index (κ3) is 5.40. The van der Waals surface area contributed by atoms with Crippen LogP contribution in [-0.4, -0.2) is 27.8 Å². The Morgan fingerprint density at radius 2 is 2.24 bits per heavy atom. The van der Waals surface area contributed by atoms with Gasteiger partial charge in [-0.15, -0.1) is 0 Å². The van der Waals surface area contributed by atoms with Gasteiger partial charge in [-0.1, -0.05) is 0 Å². The molecule has 1 unspecified atom stereocenters. The average Bonchev–Trinajstić information content (AvgIpc) is 2.25. The van der Waals surface area contributed by atoms with Crippen molar-refractivity contribution in [2.24, 2.45) is 0 Å². The van der Waals surface area contributed by atoms with E-state index in [0.717, 1.165) is 5.69 Å². The summed E-state index contributed by atoms with van der Waals surface area (Å²) in [6.45, 7) is 7.81. The lowest BCUT2D eigenvalue weighted by Gasteiger charge is -2.22. The Balaban J connectivity index is 2.40. The van der Waals surface area contributed by atoms with Gasteiger partial charge in [0.05, 0.1) is 5.69 Å². The Kier molecular flexibility index (Phi) is 4.57. The number of rotatable bonds is 4. The van der Waals surface area contributed by atoms with Gasteiger partial charge in [0, 0.05) is 12.7 Å². The van der Waals surface area contributed by atoms with Crippen LogP contribution < -0.4 is 5.32 Å². The SMILES string of the molecule is CC(NCc1cccnn1)C(=O)OC(C)(C)C. The van der Waals surface area contributed by atoms with Gasteiger partial charge in [0.15, 0.2) is 0 Å². The van der Waals surface area contributed by atoms with Crippen LogP contribution >= 0.6 is 0 Å². The molecule has 0 aliphatic heterocycles. The summed E-state index contributed by atoms with van der Waals surface area (Å²) in [6, 6.07) is 3.29. The van der Waals surface area contributed by atoms with E-state index in [-0.39, 0.29) is 12.0 Å². The molecule has 0 fully saturated rings. The lowest BCUT2D eigenvalue weighted by molar-refractivity contribution is -0.157. The van der Waals surface area contributed by atoms with E-state index in [1.54, 1.807) is 13.1 Å². The van der Waals surface area contributed by atoms with Crippen molar-refractivity contribution < 1.29 is 9.53 Å². The van der Waals surface area contributed by atoms with Gasteiger partial charge in [0.2, 0.25) is 0 Å². The van der Waals surface area contributed by atoms with E-state index in [4.69, 9.17) is 4.74 Å². The van der Waals surface area contributed by atoms with Gasteiger partial charge >= 0.3 is 5.97 Å². The number of aromatic nitrogens is 2. The molecule has 0 saturated carbocycles. The summed E-state index contributed by atoms with van der Waals surface area (Å²) in [5.74, 6) is -0.263. The molecule has 1 heterocycles. The van der Waals surface area contributed by atoms with Crippen molar-refractivity contribution in [3.8, 4) is 0 Å². The molecule has 94 valence electrons. The molecule has 0 aromatic carbocycles. The zero-order chi connectivity index (χ0) is 12.9. The molecule has 1 atom stereocenters. The number of ether oxygens (including phenoxy) is 1. The summed E-state index contributed by atoms with van der Waals surface area (Å²) >= 11 is 0. The summed E-state index contributed by atoms with van der Waals surface area (Å²) in [5, 5.41) is 10.7. The first-order valence-corrected chi connectivity index (χ1v) is 5.61. The fraction of sp³-hybridized carbons (Fsp3) is 0.583. The molecule has 1 aromatic heterocycles. The molecular formula is C12H19N3O2. The lowest BCUT2D eigenvalue weighted by atomic mass is 10.2. The Morgan fingerprint density at radius 3 is 2.76 bits per heavy atom. The molecule has 0 aliphatic carbocycles. The highest BCUT2D eigenvalue weighted by Crippen LogP contribution is 2.08. The highest BCUT2D eigenvalue weighted by molar-refractivity contribution is 5.75. The van der Waals surface area contributed by atoms with E-state index in [2.05, 4.69) is 15.5 Å². The minimum atomic E-state index is -0.459. The monoisotopic (exact) mass is 237 g/mol. The van der Waals surface area contributed by atoms with Crippen LogP contribution in [0.15, 0.2) is 18.3 Å².